The highest BCUT2D eigenvalue weighted by Gasteiger charge is 2.42. The Balaban J connectivity index is 1.95. The minimum absolute atomic E-state index is 0.448. The zero-order valence-electron chi connectivity index (χ0n) is 8.39. The van der Waals surface area contributed by atoms with Crippen molar-refractivity contribution in [1.29, 1.82) is 0 Å². The van der Waals surface area contributed by atoms with Gasteiger partial charge in [-0.15, -0.1) is 0 Å². The Labute approximate surface area is 80.5 Å². The van der Waals surface area contributed by atoms with Gasteiger partial charge >= 0.3 is 0 Å². The van der Waals surface area contributed by atoms with Gasteiger partial charge in [-0.2, -0.15) is 0 Å². The molecular formula is C11H21NO. The molecule has 0 aromatic rings. The Morgan fingerprint density at radius 2 is 1.46 bits per heavy atom. The third-order valence-electron chi connectivity index (χ3n) is 4.29. The van der Waals surface area contributed by atoms with E-state index in [-0.39, 0.29) is 0 Å². The molecular weight excluding hydrogens is 162 g/mol. The third kappa shape index (κ3) is 1.75. The van der Waals surface area contributed by atoms with E-state index in [2.05, 4.69) is 0 Å². The van der Waals surface area contributed by atoms with Crippen LogP contribution in [-0.2, 0) is 0 Å². The topological polar surface area (TPSA) is 46.2 Å². The highest BCUT2D eigenvalue weighted by molar-refractivity contribution is 4.95. The number of hydrogen-bond donors (Lipinski definition) is 2. The highest BCUT2D eigenvalue weighted by atomic mass is 16.3. The zero-order valence-corrected chi connectivity index (χ0v) is 8.39. The molecule has 0 heterocycles. The predicted molar refractivity (Wildman–Crippen MR) is 53.4 cm³/mol. The molecule has 0 amide bonds. The van der Waals surface area contributed by atoms with Gasteiger partial charge in [0.15, 0.2) is 0 Å². The third-order valence-corrected chi connectivity index (χ3v) is 4.29. The van der Waals surface area contributed by atoms with E-state index in [9.17, 15) is 5.11 Å². The average molecular weight is 183 g/mol. The minimum Gasteiger partial charge on any atom is -0.389 e. The zero-order chi connectivity index (χ0) is 9.36. The molecule has 0 aliphatic heterocycles. The molecule has 0 saturated heterocycles. The first kappa shape index (κ1) is 9.47. The first-order valence-corrected chi connectivity index (χ1v) is 5.61. The van der Waals surface area contributed by atoms with Crippen LogP contribution in [-0.4, -0.2) is 17.3 Å². The quantitative estimate of drug-likeness (QED) is 0.651. The highest BCUT2D eigenvalue weighted by Crippen LogP contribution is 2.50. The molecule has 2 rings (SSSR count). The maximum atomic E-state index is 10.00. The van der Waals surface area contributed by atoms with Crippen LogP contribution in [0.2, 0.25) is 0 Å². The Bertz CT molecular complexity index is 175. The fourth-order valence-electron chi connectivity index (χ4n) is 3.07. The Morgan fingerprint density at radius 3 is 1.92 bits per heavy atom. The summed E-state index contributed by atoms with van der Waals surface area (Å²) in [6.45, 7) is 0.448. The van der Waals surface area contributed by atoms with Gasteiger partial charge in [-0.25, -0.2) is 0 Å². The summed E-state index contributed by atoms with van der Waals surface area (Å²) in [7, 11) is 0. The van der Waals surface area contributed by atoms with E-state index < -0.39 is 5.60 Å². The fraction of sp³-hybridized carbons (Fsp3) is 1.00. The van der Waals surface area contributed by atoms with Gasteiger partial charge in [-0.05, 0) is 43.9 Å². The Morgan fingerprint density at radius 1 is 0.923 bits per heavy atom. The van der Waals surface area contributed by atoms with Gasteiger partial charge in [0.2, 0.25) is 0 Å². The molecule has 0 aromatic heterocycles. The summed E-state index contributed by atoms with van der Waals surface area (Å²) in [6.07, 6.45) is 9.89. The van der Waals surface area contributed by atoms with E-state index >= 15 is 0 Å². The summed E-state index contributed by atoms with van der Waals surface area (Å²) < 4.78 is 0. The molecule has 2 aliphatic rings. The maximum absolute atomic E-state index is 10.00. The van der Waals surface area contributed by atoms with Crippen molar-refractivity contribution in [2.75, 3.05) is 6.54 Å². The van der Waals surface area contributed by atoms with Crippen molar-refractivity contribution in [3.05, 3.63) is 0 Å². The van der Waals surface area contributed by atoms with E-state index in [0.717, 1.165) is 12.8 Å². The summed E-state index contributed by atoms with van der Waals surface area (Å²) in [4.78, 5) is 0. The van der Waals surface area contributed by atoms with Crippen molar-refractivity contribution in [2.45, 2.75) is 57.0 Å². The molecule has 1 spiro atoms. The number of hydrogen-bond acceptors (Lipinski definition) is 2. The Kier molecular flexibility index (Phi) is 2.37. The smallest absolute Gasteiger partial charge is 0.0769 e. The lowest BCUT2D eigenvalue weighted by atomic mass is 9.68. The molecule has 3 N–H and O–H groups in total. The van der Waals surface area contributed by atoms with Crippen LogP contribution < -0.4 is 5.73 Å². The van der Waals surface area contributed by atoms with Crippen LogP contribution in [0.1, 0.15) is 51.4 Å². The van der Waals surface area contributed by atoms with Gasteiger partial charge in [-0.3, -0.25) is 0 Å². The van der Waals surface area contributed by atoms with E-state index in [1.807, 2.05) is 0 Å². The van der Waals surface area contributed by atoms with Gasteiger partial charge in [0.05, 0.1) is 5.60 Å². The molecule has 13 heavy (non-hydrogen) atoms. The fourth-order valence-corrected chi connectivity index (χ4v) is 3.07. The van der Waals surface area contributed by atoms with E-state index in [4.69, 9.17) is 5.73 Å². The van der Waals surface area contributed by atoms with Crippen LogP contribution in [0.5, 0.6) is 0 Å². The lowest BCUT2D eigenvalue weighted by Gasteiger charge is -2.41. The van der Waals surface area contributed by atoms with Crippen molar-refractivity contribution < 1.29 is 5.11 Å². The standard InChI is InChI=1S/C11H21NO/c12-9-11(13)7-5-10(6-8-11)3-1-2-4-10/h13H,1-9,12H2. The Hall–Kier alpha value is -0.0800. The molecule has 2 fully saturated rings. The second-order valence-electron chi connectivity index (χ2n) is 5.14. The summed E-state index contributed by atoms with van der Waals surface area (Å²) in [6, 6.07) is 0. The first-order chi connectivity index (χ1) is 6.18. The van der Waals surface area contributed by atoms with E-state index in [1.165, 1.54) is 38.5 Å². The monoisotopic (exact) mass is 183 g/mol. The van der Waals surface area contributed by atoms with Crippen molar-refractivity contribution in [1.82, 2.24) is 0 Å². The summed E-state index contributed by atoms with van der Waals surface area (Å²) >= 11 is 0. The molecule has 0 aromatic carbocycles. The summed E-state index contributed by atoms with van der Waals surface area (Å²) in [5, 5.41) is 10.00. The van der Waals surface area contributed by atoms with Gasteiger partial charge in [0, 0.05) is 6.54 Å². The van der Waals surface area contributed by atoms with Gasteiger partial charge < -0.3 is 10.8 Å². The molecule has 2 nitrogen and oxygen atoms in total. The van der Waals surface area contributed by atoms with E-state index in [0.29, 0.717) is 12.0 Å². The van der Waals surface area contributed by atoms with Crippen molar-refractivity contribution in [2.24, 2.45) is 11.1 Å². The average Bonchev–Trinajstić information content (AvgIpc) is 2.61. The largest absolute Gasteiger partial charge is 0.389 e. The maximum Gasteiger partial charge on any atom is 0.0769 e. The van der Waals surface area contributed by atoms with Crippen molar-refractivity contribution >= 4 is 0 Å². The van der Waals surface area contributed by atoms with Gasteiger partial charge in [0.25, 0.3) is 0 Å². The lowest BCUT2D eigenvalue weighted by molar-refractivity contribution is -0.0252. The predicted octanol–water partition coefficient (Wildman–Crippen LogP) is 1.81. The van der Waals surface area contributed by atoms with Crippen LogP contribution in [0.3, 0.4) is 0 Å². The van der Waals surface area contributed by atoms with Gasteiger partial charge in [-0.1, -0.05) is 12.8 Å². The van der Waals surface area contributed by atoms with Crippen LogP contribution in [0.15, 0.2) is 0 Å². The van der Waals surface area contributed by atoms with Crippen LogP contribution in [0, 0.1) is 5.41 Å². The van der Waals surface area contributed by atoms with E-state index in [1.54, 1.807) is 0 Å². The van der Waals surface area contributed by atoms with Crippen LogP contribution >= 0.6 is 0 Å². The normalized spacial score (nSPS) is 30.9. The van der Waals surface area contributed by atoms with Crippen molar-refractivity contribution in [3.8, 4) is 0 Å². The van der Waals surface area contributed by atoms with Gasteiger partial charge in [0.1, 0.15) is 0 Å². The molecule has 2 aliphatic carbocycles. The number of rotatable bonds is 1. The first-order valence-electron chi connectivity index (χ1n) is 5.61. The van der Waals surface area contributed by atoms with Crippen LogP contribution in [0.25, 0.3) is 0 Å². The lowest BCUT2D eigenvalue weighted by Crippen LogP contribution is -2.43. The van der Waals surface area contributed by atoms with Crippen LogP contribution in [0.4, 0.5) is 0 Å². The molecule has 0 bridgehead atoms. The molecule has 0 unspecified atom stereocenters. The molecule has 2 saturated carbocycles. The minimum atomic E-state index is -0.520. The SMILES string of the molecule is NCC1(O)CCC2(CCCC2)CC1. The van der Waals surface area contributed by atoms with Crippen molar-refractivity contribution in [3.63, 3.8) is 0 Å². The summed E-state index contributed by atoms with van der Waals surface area (Å²) in [5.74, 6) is 0. The molecule has 0 radical (unpaired) electrons. The number of aliphatic hydroxyl groups is 1. The molecule has 0 atom stereocenters. The number of nitrogens with two attached hydrogens (primary N) is 1. The second kappa shape index (κ2) is 3.25. The molecule has 76 valence electrons. The second-order valence-corrected chi connectivity index (χ2v) is 5.14. The summed E-state index contributed by atoms with van der Waals surface area (Å²) in [5.41, 5.74) is 5.67. The molecule has 2 heteroatoms.